The summed E-state index contributed by atoms with van der Waals surface area (Å²) >= 11 is 0. The van der Waals surface area contributed by atoms with E-state index >= 15 is 0 Å². The molecule has 0 aliphatic heterocycles. The quantitative estimate of drug-likeness (QED) is 0.495. The molecular weight excluding hydrogens is 172 g/mol. The smallest absolute Gasteiger partial charge is 0.0962 e. The fourth-order valence-electron chi connectivity index (χ4n) is 1.33. The van der Waals surface area contributed by atoms with Crippen molar-refractivity contribution in [2.24, 2.45) is 22.6 Å². The largest absolute Gasteiger partial charge is 0.387 e. The molecule has 0 aromatic carbocycles. The van der Waals surface area contributed by atoms with Crippen LogP contribution in [0.15, 0.2) is 4.99 Å². The number of hydrogen-bond acceptors (Lipinski definition) is 1. The second-order valence-corrected chi connectivity index (χ2v) is 4.34. The van der Waals surface area contributed by atoms with Crippen molar-refractivity contribution in [3.05, 3.63) is 0 Å². The minimum atomic E-state index is 0.388. The van der Waals surface area contributed by atoms with Crippen LogP contribution in [0.1, 0.15) is 53.4 Å². The van der Waals surface area contributed by atoms with E-state index in [1.165, 1.54) is 25.7 Å². The van der Waals surface area contributed by atoms with Crippen molar-refractivity contribution in [1.29, 1.82) is 0 Å². The van der Waals surface area contributed by atoms with Crippen molar-refractivity contribution in [3.8, 4) is 0 Å². The van der Waals surface area contributed by atoms with E-state index in [1.807, 2.05) is 0 Å². The summed E-state index contributed by atoms with van der Waals surface area (Å²) in [6, 6.07) is 0. The van der Waals surface area contributed by atoms with Crippen molar-refractivity contribution in [2.45, 2.75) is 53.4 Å². The number of amidine groups is 1. The van der Waals surface area contributed by atoms with Crippen LogP contribution < -0.4 is 5.73 Å². The summed E-state index contributed by atoms with van der Waals surface area (Å²) in [5.74, 6) is 1.92. The number of nitrogens with two attached hydrogens (primary N) is 1. The second-order valence-electron chi connectivity index (χ2n) is 4.34. The van der Waals surface area contributed by atoms with Crippen molar-refractivity contribution < 1.29 is 0 Å². The third kappa shape index (κ3) is 6.01. The van der Waals surface area contributed by atoms with Gasteiger partial charge in [-0.3, -0.25) is 4.99 Å². The number of aliphatic imine (C=N–C) groups is 1. The normalized spacial score (nSPS) is 14.8. The molecule has 84 valence electrons. The van der Waals surface area contributed by atoms with Gasteiger partial charge in [-0.1, -0.05) is 47.0 Å². The maximum absolute atomic E-state index is 5.80. The van der Waals surface area contributed by atoms with E-state index in [0.717, 1.165) is 18.3 Å². The molecule has 2 heteroatoms. The molecule has 2 nitrogen and oxygen atoms in total. The van der Waals surface area contributed by atoms with Gasteiger partial charge in [0.1, 0.15) is 0 Å². The third-order valence-electron chi connectivity index (χ3n) is 2.67. The summed E-state index contributed by atoms with van der Waals surface area (Å²) in [7, 11) is 0. The summed E-state index contributed by atoms with van der Waals surface area (Å²) in [5.41, 5.74) is 5.80. The Balaban J connectivity index is 3.87. The maximum atomic E-state index is 5.80. The highest BCUT2D eigenvalue weighted by Crippen LogP contribution is 2.12. The van der Waals surface area contributed by atoms with Crippen molar-refractivity contribution in [1.82, 2.24) is 0 Å². The van der Waals surface area contributed by atoms with E-state index in [9.17, 15) is 0 Å². The number of hydrogen-bond donors (Lipinski definition) is 1. The Kier molecular flexibility index (Phi) is 7.54. The molecule has 0 fully saturated rings. The van der Waals surface area contributed by atoms with E-state index in [0.29, 0.717) is 5.92 Å². The number of unbranched alkanes of at least 4 members (excludes halogenated alkanes) is 1. The average Bonchev–Trinajstić information content (AvgIpc) is 2.17. The minimum Gasteiger partial charge on any atom is -0.387 e. The molecule has 14 heavy (non-hydrogen) atoms. The van der Waals surface area contributed by atoms with Gasteiger partial charge >= 0.3 is 0 Å². The Labute approximate surface area is 89.0 Å². The lowest BCUT2D eigenvalue weighted by molar-refractivity contribution is 0.461. The molecule has 0 aromatic rings. The summed E-state index contributed by atoms with van der Waals surface area (Å²) in [4.78, 5) is 4.44. The van der Waals surface area contributed by atoms with Crippen molar-refractivity contribution in [3.63, 3.8) is 0 Å². The molecular formula is C12H26N2. The molecule has 0 saturated heterocycles. The Morgan fingerprint density at radius 1 is 1.29 bits per heavy atom. The van der Waals surface area contributed by atoms with Gasteiger partial charge in [0.15, 0.2) is 0 Å². The lowest BCUT2D eigenvalue weighted by Crippen LogP contribution is -2.20. The molecule has 0 rings (SSSR count). The number of nitrogens with zero attached hydrogens (tertiary/aromatic N) is 1. The van der Waals surface area contributed by atoms with Crippen LogP contribution in [0.5, 0.6) is 0 Å². The fourth-order valence-corrected chi connectivity index (χ4v) is 1.33. The van der Waals surface area contributed by atoms with Crippen LogP contribution in [-0.2, 0) is 0 Å². The van der Waals surface area contributed by atoms with Gasteiger partial charge in [0.05, 0.1) is 5.84 Å². The Morgan fingerprint density at radius 2 is 1.93 bits per heavy atom. The molecule has 0 saturated carbocycles. The van der Waals surface area contributed by atoms with Gasteiger partial charge in [-0.25, -0.2) is 0 Å². The Bertz CT molecular complexity index is 162. The van der Waals surface area contributed by atoms with E-state index in [4.69, 9.17) is 5.73 Å². The van der Waals surface area contributed by atoms with Gasteiger partial charge in [-0.05, 0) is 12.3 Å². The molecule has 0 radical (unpaired) electrons. The van der Waals surface area contributed by atoms with Crippen LogP contribution in [-0.4, -0.2) is 12.4 Å². The third-order valence-corrected chi connectivity index (χ3v) is 2.67. The second kappa shape index (κ2) is 7.84. The van der Waals surface area contributed by atoms with Crippen LogP contribution in [0.4, 0.5) is 0 Å². The molecule has 0 bridgehead atoms. The predicted octanol–water partition coefficient (Wildman–Crippen LogP) is 3.22. The summed E-state index contributed by atoms with van der Waals surface area (Å²) < 4.78 is 0. The lowest BCUT2D eigenvalue weighted by Gasteiger charge is -2.12. The zero-order valence-corrected chi connectivity index (χ0v) is 10.2. The first-order chi connectivity index (χ1) is 6.61. The summed E-state index contributed by atoms with van der Waals surface area (Å²) in [6.07, 6.45) is 5.10. The fraction of sp³-hybridized carbons (Fsp3) is 0.917. The first-order valence-corrected chi connectivity index (χ1v) is 5.91. The molecule has 0 aromatic heterocycles. The van der Waals surface area contributed by atoms with E-state index in [2.05, 4.69) is 32.7 Å². The zero-order chi connectivity index (χ0) is 11.0. The monoisotopic (exact) mass is 198 g/mol. The van der Waals surface area contributed by atoms with Crippen LogP contribution >= 0.6 is 0 Å². The summed E-state index contributed by atoms with van der Waals surface area (Å²) in [6.45, 7) is 9.57. The topological polar surface area (TPSA) is 38.4 Å². The van der Waals surface area contributed by atoms with Crippen LogP contribution in [0, 0.1) is 11.8 Å². The molecule has 0 amide bonds. The molecule has 0 aliphatic rings. The highest BCUT2D eigenvalue weighted by Gasteiger charge is 2.05. The highest BCUT2D eigenvalue weighted by atomic mass is 14.9. The SMILES string of the molecule is CCCCC(CC)CN=C(N)C(C)C. The van der Waals surface area contributed by atoms with Crippen molar-refractivity contribution >= 4 is 5.84 Å². The molecule has 0 aliphatic carbocycles. The minimum absolute atomic E-state index is 0.388. The first-order valence-electron chi connectivity index (χ1n) is 5.91. The maximum Gasteiger partial charge on any atom is 0.0962 e. The zero-order valence-electron chi connectivity index (χ0n) is 10.2. The highest BCUT2D eigenvalue weighted by molar-refractivity contribution is 5.82. The average molecular weight is 198 g/mol. The van der Waals surface area contributed by atoms with E-state index < -0.39 is 0 Å². The standard InChI is InChI=1S/C12H26N2/c1-5-7-8-11(6-2)9-14-12(13)10(3)4/h10-11H,5-9H2,1-4H3,(H2,13,14). The van der Waals surface area contributed by atoms with Gasteiger partial charge in [-0.15, -0.1) is 0 Å². The Morgan fingerprint density at radius 3 is 2.36 bits per heavy atom. The van der Waals surface area contributed by atoms with Gasteiger partial charge in [0, 0.05) is 12.5 Å². The van der Waals surface area contributed by atoms with Gasteiger partial charge in [-0.2, -0.15) is 0 Å². The predicted molar refractivity (Wildman–Crippen MR) is 64.6 cm³/mol. The lowest BCUT2D eigenvalue weighted by atomic mass is 9.99. The van der Waals surface area contributed by atoms with Crippen molar-refractivity contribution in [2.75, 3.05) is 6.54 Å². The first kappa shape index (κ1) is 13.5. The molecule has 0 heterocycles. The molecule has 1 unspecified atom stereocenters. The van der Waals surface area contributed by atoms with Gasteiger partial charge in [0.2, 0.25) is 0 Å². The Hall–Kier alpha value is -0.530. The summed E-state index contributed by atoms with van der Waals surface area (Å²) in [5, 5.41) is 0. The number of rotatable bonds is 7. The van der Waals surface area contributed by atoms with Crippen LogP contribution in [0.3, 0.4) is 0 Å². The molecule has 0 spiro atoms. The van der Waals surface area contributed by atoms with Gasteiger partial charge < -0.3 is 5.73 Å². The molecule has 2 N–H and O–H groups in total. The molecule has 1 atom stereocenters. The van der Waals surface area contributed by atoms with E-state index in [-0.39, 0.29) is 0 Å². The van der Waals surface area contributed by atoms with Gasteiger partial charge in [0.25, 0.3) is 0 Å². The van der Waals surface area contributed by atoms with E-state index in [1.54, 1.807) is 0 Å². The van der Waals surface area contributed by atoms with Crippen LogP contribution in [0.25, 0.3) is 0 Å². The van der Waals surface area contributed by atoms with Crippen LogP contribution in [0.2, 0.25) is 0 Å².